The van der Waals surface area contributed by atoms with Crippen LogP contribution in [-0.4, -0.2) is 41.8 Å². The van der Waals surface area contributed by atoms with Crippen LogP contribution in [-0.2, 0) is 14.3 Å². The summed E-state index contributed by atoms with van der Waals surface area (Å²) >= 11 is 0. The van der Waals surface area contributed by atoms with E-state index in [9.17, 15) is 4.79 Å². The molecule has 2 N–H and O–H groups in total. The molecule has 1 aliphatic rings. The van der Waals surface area contributed by atoms with E-state index in [0.717, 1.165) is 0 Å². The number of hydrogen-bond donors (Lipinski definition) is 2. The van der Waals surface area contributed by atoms with Gasteiger partial charge in [-0.25, -0.2) is 4.79 Å². The van der Waals surface area contributed by atoms with Crippen LogP contribution in [0.1, 0.15) is 19.3 Å². The molecule has 13 heavy (non-hydrogen) atoms. The Morgan fingerprint density at radius 2 is 2.46 bits per heavy atom. The van der Waals surface area contributed by atoms with Gasteiger partial charge in [0.05, 0.1) is 6.61 Å². The monoisotopic (exact) mass is 190 g/mol. The predicted octanol–water partition coefficient (Wildman–Crippen LogP) is -0.0249. The summed E-state index contributed by atoms with van der Waals surface area (Å²) in [6.45, 7) is -0.512. The SMILES string of the molecule is COC1CCCC(CO)(C(=O)O)O1. The minimum absolute atomic E-state index is 0.332. The first-order valence-corrected chi connectivity index (χ1v) is 4.19. The second-order valence-electron chi connectivity index (χ2n) is 3.13. The third-order valence-corrected chi connectivity index (χ3v) is 2.29. The highest BCUT2D eigenvalue weighted by Gasteiger charge is 2.44. The van der Waals surface area contributed by atoms with E-state index in [1.165, 1.54) is 7.11 Å². The smallest absolute Gasteiger partial charge is 0.338 e. The van der Waals surface area contributed by atoms with Crippen molar-refractivity contribution in [3.8, 4) is 0 Å². The highest BCUT2D eigenvalue weighted by Crippen LogP contribution is 2.28. The summed E-state index contributed by atoms with van der Waals surface area (Å²) in [5, 5.41) is 17.8. The molecule has 1 saturated heterocycles. The van der Waals surface area contributed by atoms with Gasteiger partial charge in [-0.3, -0.25) is 0 Å². The summed E-state index contributed by atoms with van der Waals surface area (Å²) < 4.78 is 10.1. The van der Waals surface area contributed by atoms with Gasteiger partial charge in [0.15, 0.2) is 11.9 Å². The van der Waals surface area contributed by atoms with E-state index in [1.807, 2.05) is 0 Å². The maximum absolute atomic E-state index is 10.8. The van der Waals surface area contributed by atoms with E-state index >= 15 is 0 Å². The highest BCUT2D eigenvalue weighted by atomic mass is 16.7. The summed E-state index contributed by atoms with van der Waals surface area (Å²) in [6.07, 6.45) is 1.17. The van der Waals surface area contributed by atoms with Crippen molar-refractivity contribution in [2.45, 2.75) is 31.2 Å². The lowest BCUT2D eigenvalue weighted by molar-refractivity contribution is -0.241. The van der Waals surface area contributed by atoms with Crippen LogP contribution < -0.4 is 0 Å². The number of aliphatic carboxylic acids is 1. The molecule has 1 fully saturated rings. The van der Waals surface area contributed by atoms with Gasteiger partial charge in [0.2, 0.25) is 0 Å². The van der Waals surface area contributed by atoms with E-state index in [0.29, 0.717) is 19.3 Å². The van der Waals surface area contributed by atoms with Gasteiger partial charge in [-0.2, -0.15) is 0 Å². The fourth-order valence-electron chi connectivity index (χ4n) is 1.43. The number of carboxylic acid groups (broad SMARTS) is 1. The van der Waals surface area contributed by atoms with Crippen molar-refractivity contribution in [1.82, 2.24) is 0 Å². The van der Waals surface area contributed by atoms with Gasteiger partial charge < -0.3 is 19.7 Å². The Labute approximate surface area is 76.3 Å². The lowest BCUT2D eigenvalue weighted by atomic mass is 9.94. The summed E-state index contributed by atoms with van der Waals surface area (Å²) in [7, 11) is 1.46. The van der Waals surface area contributed by atoms with E-state index in [1.54, 1.807) is 0 Å². The first-order valence-electron chi connectivity index (χ1n) is 4.19. The fourth-order valence-corrected chi connectivity index (χ4v) is 1.43. The van der Waals surface area contributed by atoms with Gasteiger partial charge >= 0.3 is 5.97 Å². The molecule has 0 aromatic heterocycles. The summed E-state index contributed by atoms with van der Waals surface area (Å²) in [5.74, 6) is -1.13. The summed E-state index contributed by atoms with van der Waals surface area (Å²) in [5.41, 5.74) is -1.46. The molecule has 1 rings (SSSR count). The molecule has 5 nitrogen and oxygen atoms in total. The molecule has 0 bridgehead atoms. The molecule has 0 saturated carbocycles. The topological polar surface area (TPSA) is 76.0 Å². The van der Waals surface area contributed by atoms with Crippen molar-refractivity contribution in [2.24, 2.45) is 0 Å². The fraction of sp³-hybridized carbons (Fsp3) is 0.875. The molecular weight excluding hydrogens is 176 g/mol. The second-order valence-corrected chi connectivity index (χ2v) is 3.13. The number of carboxylic acids is 1. The first-order chi connectivity index (χ1) is 6.14. The number of ether oxygens (including phenoxy) is 2. The predicted molar refractivity (Wildman–Crippen MR) is 43.2 cm³/mol. The van der Waals surface area contributed by atoms with Crippen molar-refractivity contribution in [3.05, 3.63) is 0 Å². The average molecular weight is 190 g/mol. The molecule has 2 atom stereocenters. The normalized spacial score (nSPS) is 34.5. The first kappa shape index (κ1) is 10.4. The maximum atomic E-state index is 10.8. The zero-order valence-corrected chi connectivity index (χ0v) is 7.52. The third-order valence-electron chi connectivity index (χ3n) is 2.29. The highest BCUT2D eigenvalue weighted by molar-refractivity contribution is 5.77. The van der Waals surface area contributed by atoms with Gasteiger partial charge in [-0.1, -0.05) is 0 Å². The standard InChI is InChI=1S/C8H14O5/c1-12-6-3-2-4-8(5-9,13-6)7(10)11/h6,9H,2-5H2,1H3,(H,10,11). The number of hydrogen-bond acceptors (Lipinski definition) is 4. The average Bonchev–Trinajstić information content (AvgIpc) is 2.17. The second kappa shape index (κ2) is 4.04. The number of aliphatic hydroxyl groups excluding tert-OH is 1. The van der Waals surface area contributed by atoms with Gasteiger partial charge in [0, 0.05) is 7.11 Å². The van der Waals surface area contributed by atoms with E-state index in [2.05, 4.69) is 0 Å². The molecular formula is C8H14O5. The van der Waals surface area contributed by atoms with Gasteiger partial charge in [0.25, 0.3) is 0 Å². The Morgan fingerprint density at radius 3 is 2.92 bits per heavy atom. The summed E-state index contributed by atoms with van der Waals surface area (Å²) in [6, 6.07) is 0. The molecule has 0 radical (unpaired) electrons. The van der Waals surface area contributed by atoms with Crippen LogP contribution in [0.15, 0.2) is 0 Å². The molecule has 0 aliphatic carbocycles. The molecule has 1 heterocycles. The van der Waals surface area contributed by atoms with Crippen molar-refractivity contribution >= 4 is 5.97 Å². The molecule has 0 aromatic rings. The van der Waals surface area contributed by atoms with Crippen molar-refractivity contribution in [2.75, 3.05) is 13.7 Å². The Kier molecular flexibility index (Phi) is 3.24. The molecule has 1 aliphatic heterocycles. The minimum Gasteiger partial charge on any atom is -0.479 e. The van der Waals surface area contributed by atoms with Gasteiger partial charge in [-0.05, 0) is 19.3 Å². The Morgan fingerprint density at radius 1 is 1.77 bits per heavy atom. The Bertz CT molecular complexity index is 193. The largest absolute Gasteiger partial charge is 0.479 e. The van der Waals surface area contributed by atoms with Crippen LogP contribution >= 0.6 is 0 Å². The quantitative estimate of drug-likeness (QED) is 0.653. The minimum atomic E-state index is -1.46. The molecule has 0 spiro atoms. The summed E-state index contributed by atoms with van der Waals surface area (Å²) in [4.78, 5) is 10.8. The van der Waals surface area contributed by atoms with Crippen LogP contribution in [0.5, 0.6) is 0 Å². The van der Waals surface area contributed by atoms with E-state index < -0.39 is 24.5 Å². The van der Waals surface area contributed by atoms with Crippen LogP contribution in [0.3, 0.4) is 0 Å². The molecule has 0 aromatic carbocycles. The Hall–Kier alpha value is -0.650. The van der Waals surface area contributed by atoms with Crippen molar-refractivity contribution in [3.63, 3.8) is 0 Å². The number of rotatable bonds is 3. The van der Waals surface area contributed by atoms with Gasteiger partial charge in [0.1, 0.15) is 0 Å². The van der Waals surface area contributed by atoms with Crippen molar-refractivity contribution in [1.29, 1.82) is 0 Å². The number of aliphatic hydroxyl groups is 1. The van der Waals surface area contributed by atoms with E-state index in [4.69, 9.17) is 19.7 Å². The lowest BCUT2D eigenvalue weighted by Crippen LogP contribution is -2.50. The molecule has 2 unspecified atom stereocenters. The van der Waals surface area contributed by atoms with E-state index in [-0.39, 0.29) is 0 Å². The Balaban J connectivity index is 2.69. The van der Waals surface area contributed by atoms with Crippen LogP contribution in [0.4, 0.5) is 0 Å². The number of methoxy groups -OCH3 is 1. The third kappa shape index (κ3) is 1.99. The van der Waals surface area contributed by atoms with Crippen LogP contribution in [0.2, 0.25) is 0 Å². The molecule has 5 heteroatoms. The maximum Gasteiger partial charge on any atom is 0.338 e. The van der Waals surface area contributed by atoms with Crippen LogP contribution in [0.25, 0.3) is 0 Å². The molecule has 76 valence electrons. The van der Waals surface area contributed by atoms with Gasteiger partial charge in [-0.15, -0.1) is 0 Å². The zero-order valence-electron chi connectivity index (χ0n) is 7.52. The lowest BCUT2D eigenvalue weighted by Gasteiger charge is -2.35. The van der Waals surface area contributed by atoms with Crippen LogP contribution in [0, 0.1) is 0 Å². The van der Waals surface area contributed by atoms with Crippen molar-refractivity contribution < 1.29 is 24.5 Å². The number of carbonyl (C=O) groups is 1. The molecule has 0 amide bonds. The zero-order chi connectivity index (χ0) is 9.90.